The van der Waals surface area contributed by atoms with Crippen LogP contribution in [0.3, 0.4) is 0 Å². The van der Waals surface area contributed by atoms with Crippen LogP contribution in [0.15, 0.2) is 122 Å². The van der Waals surface area contributed by atoms with Gasteiger partial charge in [-0.1, -0.05) is 283 Å². The van der Waals surface area contributed by atoms with Gasteiger partial charge in [-0.05, 0) is 83.5 Å². The number of carbonyl (C=O) groups is 1. The van der Waals surface area contributed by atoms with Crippen molar-refractivity contribution in [2.75, 3.05) is 40.9 Å². The first-order valence-corrected chi connectivity index (χ1v) is 32.9. The van der Waals surface area contributed by atoms with Crippen LogP contribution in [-0.2, 0) is 18.4 Å². The maximum atomic E-state index is 13.0. The fraction of sp³-hybridized carbons (Fsp3) is 0.691. The Morgan fingerprint density at radius 3 is 1.14 bits per heavy atom. The SMILES string of the molecule is CC/C=C\C/C=C\C/C=C\C/C=C\C/C=C\C/C=C\C/C=C\C/C=C\C/C=C\CCCC(=O)NC(COP(=O)([O-])OCC[N+](C)(C)C)C(O)/C=C/CCCCCCCCCCCCCCCCCCCCCCCCCC. The minimum absolute atomic E-state index is 0.0184. The molecule has 8 nitrogen and oxygen atoms in total. The predicted octanol–water partition coefficient (Wildman–Crippen LogP) is 19.1. The molecule has 0 aliphatic rings. The van der Waals surface area contributed by atoms with Gasteiger partial charge < -0.3 is 28.8 Å². The van der Waals surface area contributed by atoms with E-state index in [-0.39, 0.29) is 18.9 Å². The summed E-state index contributed by atoms with van der Waals surface area (Å²) < 4.78 is 23.4. The van der Waals surface area contributed by atoms with E-state index in [4.69, 9.17) is 9.05 Å². The Morgan fingerprint density at radius 1 is 0.468 bits per heavy atom. The second-order valence-electron chi connectivity index (χ2n) is 22.0. The van der Waals surface area contributed by atoms with Crippen molar-refractivity contribution < 1.29 is 32.9 Å². The third-order valence-corrected chi connectivity index (χ3v) is 14.4. The number of carbonyl (C=O) groups excluding carboxylic acids is 1. The molecule has 0 heterocycles. The minimum Gasteiger partial charge on any atom is -0.756 e. The molecule has 0 aromatic carbocycles. The van der Waals surface area contributed by atoms with Gasteiger partial charge in [-0.15, -0.1) is 0 Å². The lowest BCUT2D eigenvalue weighted by atomic mass is 10.0. The first-order valence-electron chi connectivity index (χ1n) is 31.4. The molecule has 3 atom stereocenters. The Hall–Kier alpha value is -3.10. The van der Waals surface area contributed by atoms with Gasteiger partial charge in [-0.3, -0.25) is 9.36 Å². The lowest BCUT2D eigenvalue weighted by Crippen LogP contribution is -2.45. The second kappa shape index (κ2) is 57.6. The Kier molecular flexibility index (Phi) is 55.3. The molecule has 0 fully saturated rings. The molecule has 3 unspecified atom stereocenters. The summed E-state index contributed by atoms with van der Waals surface area (Å²) >= 11 is 0. The van der Waals surface area contributed by atoms with Crippen LogP contribution in [0.5, 0.6) is 0 Å². The molecular weight excluding hydrogens is 972 g/mol. The van der Waals surface area contributed by atoms with Gasteiger partial charge in [-0.2, -0.15) is 0 Å². The fourth-order valence-electron chi connectivity index (χ4n) is 8.57. The van der Waals surface area contributed by atoms with Gasteiger partial charge in [0.15, 0.2) is 0 Å². The van der Waals surface area contributed by atoms with Crippen molar-refractivity contribution in [1.82, 2.24) is 5.32 Å². The molecule has 0 spiro atoms. The number of aliphatic hydroxyl groups excluding tert-OH is 1. The number of likely N-dealkylation sites (N-methyl/N-ethyl adjacent to an activating group) is 1. The highest BCUT2D eigenvalue weighted by Crippen LogP contribution is 2.38. The van der Waals surface area contributed by atoms with Gasteiger partial charge >= 0.3 is 0 Å². The Balaban J connectivity index is 4.32. The molecule has 0 saturated heterocycles. The first-order chi connectivity index (χ1) is 37.5. The van der Waals surface area contributed by atoms with E-state index in [0.29, 0.717) is 17.4 Å². The number of hydrogen-bond donors (Lipinski definition) is 2. The average molecular weight is 1090 g/mol. The molecule has 0 saturated carbocycles. The third kappa shape index (κ3) is 60.4. The van der Waals surface area contributed by atoms with Crippen molar-refractivity contribution in [2.45, 2.75) is 264 Å². The van der Waals surface area contributed by atoms with Crippen LogP contribution in [0.4, 0.5) is 0 Å². The predicted molar refractivity (Wildman–Crippen MR) is 334 cm³/mol. The average Bonchev–Trinajstić information content (AvgIpc) is 3.39. The standard InChI is InChI=1S/C68H119N2O6P/c1-6-8-10-12-14-16-18-20-22-24-26-28-30-32-34-35-36-38-40-42-44-46-48-50-52-54-56-58-60-62-68(72)69-66(65-76-77(73,74)75-64-63-70(3,4)5)67(71)61-59-57-55-53-51-49-47-45-43-41-39-37-33-31-29-27-25-23-21-19-17-15-13-11-9-7-2/h8,10,14,16,20,22,26,28,32,34,36,38,42,44,48,50,54,56,59,61,66-67,71H,6-7,9,11-13,15,17-19,21,23-25,27,29-31,33,35,37,39-41,43,45-47,49,51-53,55,57-58,60,62-65H2,1-5H3,(H-,69,72,73,74)/b10-8-,16-14-,22-20-,28-26-,34-32-,38-36-,44-42-,50-48-,56-54-,61-59+. The number of phosphoric ester groups is 1. The lowest BCUT2D eigenvalue weighted by Gasteiger charge is -2.29. The van der Waals surface area contributed by atoms with Gasteiger partial charge in [0, 0.05) is 6.42 Å². The van der Waals surface area contributed by atoms with E-state index in [1.165, 1.54) is 141 Å². The van der Waals surface area contributed by atoms with Crippen LogP contribution in [0.25, 0.3) is 0 Å². The van der Waals surface area contributed by atoms with Crippen LogP contribution < -0.4 is 10.2 Å². The van der Waals surface area contributed by atoms with Crippen LogP contribution in [0.1, 0.15) is 251 Å². The van der Waals surface area contributed by atoms with Crippen molar-refractivity contribution >= 4 is 13.7 Å². The summed E-state index contributed by atoms with van der Waals surface area (Å²) in [5, 5.41) is 13.9. The van der Waals surface area contributed by atoms with E-state index in [0.717, 1.165) is 83.5 Å². The highest BCUT2D eigenvalue weighted by atomic mass is 31.2. The normalized spacial score (nSPS) is 14.6. The van der Waals surface area contributed by atoms with Crippen molar-refractivity contribution in [3.8, 4) is 0 Å². The van der Waals surface area contributed by atoms with Gasteiger partial charge in [0.1, 0.15) is 13.2 Å². The van der Waals surface area contributed by atoms with Crippen molar-refractivity contribution in [1.29, 1.82) is 0 Å². The minimum atomic E-state index is -4.63. The van der Waals surface area contributed by atoms with E-state index < -0.39 is 26.6 Å². The summed E-state index contributed by atoms with van der Waals surface area (Å²) in [6.07, 6.45) is 85.8. The molecular formula is C68H119N2O6P. The maximum absolute atomic E-state index is 13.0. The molecule has 0 aromatic heterocycles. The number of quaternary nitrogens is 1. The third-order valence-electron chi connectivity index (χ3n) is 13.4. The summed E-state index contributed by atoms with van der Waals surface area (Å²) in [7, 11) is 1.21. The molecule has 0 rings (SSSR count). The number of nitrogens with one attached hydrogen (secondary N) is 1. The van der Waals surface area contributed by atoms with Gasteiger partial charge in [0.25, 0.3) is 7.82 Å². The number of phosphoric acid groups is 1. The van der Waals surface area contributed by atoms with Crippen LogP contribution in [0, 0.1) is 0 Å². The molecule has 0 aromatic rings. The number of rotatable bonds is 56. The van der Waals surface area contributed by atoms with E-state index in [9.17, 15) is 19.4 Å². The number of aliphatic hydroxyl groups is 1. The molecule has 0 radical (unpaired) electrons. The van der Waals surface area contributed by atoms with Crippen LogP contribution in [0.2, 0.25) is 0 Å². The summed E-state index contributed by atoms with van der Waals surface area (Å²) in [6.45, 7) is 4.50. The molecule has 77 heavy (non-hydrogen) atoms. The second-order valence-corrected chi connectivity index (χ2v) is 23.4. The lowest BCUT2D eigenvalue weighted by molar-refractivity contribution is -0.870. The van der Waals surface area contributed by atoms with Crippen molar-refractivity contribution in [3.05, 3.63) is 122 Å². The van der Waals surface area contributed by atoms with Crippen LogP contribution >= 0.6 is 7.82 Å². The van der Waals surface area contributed by atoms with Crippen LogP contribution in [-0.4, -0.2) is 68.5 Å². The van der Waals surface area contributed by atoms with Gasteiger partial charge in [0.2, 0.25) is 5.91 Å². The summed E-state index contributed by atoms with van der Waals surface area (Å²) in [5.74, 6) is -0.258. The maximum Gasteiger partial charge on any atom is 0.268 e. The zero-order valence-corrected chi connectivity index (χ0v) is 51.3. The molecule has 1 amide bonds. The monoisotopic (exact) mass is 1090 g/mol. The Labute approximate surface area is 475 Å². The molecule has 442 valence electrons. The zero-order valence-electron chi connectivity index (χ0n) is 50.4. The highest BCUT2D eigenvalue weighted by Gasteiger charge is 2.23. The fourth-order valence-corrected chi connectivity index (χ4v) is 9.29. The number of allylic oxidation sites excluding steroid dienone is 19. The Morgan fingerprint density at radius 2 is 0.792 bits per heavy atom. The number of nitrogens with zero attached hydrogens (tertiary/aromatic N) is 1. The van der Waals surface area contributed by atoms with E-state index in [1.807, 2.05) is 27.2 Å². The molecule has 0 aliphatic carbocycles. The number of unbranched alkanes of at least 4 members (excludes halogenated alkanes) is 25. The zero-order chi connectivity index (χ0) is 56.3. The molecule has 9 heteroatoms. The van der Waals surface area contributed by atoms with E-state index >= 15 is 0 Å². The molecule has 0 aliphatic heterocycles. The summed E-state index contributed by atoms with van der Waals surface area (Å²) in [6, 6.07) is -0.928. The summed E-state index contributed by atoms with van der Waals surface area (Å²) in [5.41, 5.74) is 0. The number of hydrogen-bond acceptors (Lipinski definition) is 6. The smallest absolute Gasteiger partial charge is 0.268 e. The van der Waals surface area contributed by atoms with E-state index in [1.54, 1.807) is 6.08 Å². The summed E-state index contributed by atoms with van der Waals surface area (Å²) in [4.78, 5) is 25.5. The molecule has 0 bridgehead atoms. The van der Waals surface area contributed by atoms with Crippen molar-refractivity contribution in [2.24, 2.45) is 0 Å². The first kappa shape index (κ1) is 73.9. The topological polar surface area (TPSA) is 108 Å². The van der Waals surface area contributed by atoms with Crippen molar-refractivity contribution in [3.63, 3.8) is 0 Å². The largest absolute Gasteiger partial charge is 0.756 e. The highest BCUT2D eigenvalue weighted by molar-refractivity contribution is 7.45. The van der Waals surface area contributed by atoms with Gasteiger partial charge in [0.05, 0.1) is 39.9 Å². The van der Waals surface area contributed by atoms with E-state index in [2.05, 4.69) is 129 Å². The number of amides is 1. The molecule has 2 N–H and O–H groups in total. The Bertz CT molecular complexity index is 1670. The van der Waals surface area contributed by atoms with Gasteiger partial charge in [-0.25, -0.2) is 0 Å². The quantitative estimate of drug-likeness (QED) is 0.0272.